The lowest BCUT2D eigenvalue weighted by atomic mass is 10.1. The van der Waals surface area contributed by atoms with Crippen molar-refractivity contribution in [3.63, 3.8) is 0 Å². The number of hydrogen-bond donors (Lipinski definition) is 1. The summed E-state index contributed by atoms with van der Waals surface area (Å²) < 4.78 is 11.4. The predicted octanol–water partition coefficient (Wildman–Crippen LogP) is 3.70. The molecular weight excluding hydrogens is 326 g/mol. The molecule has 4 rings (SSSR count). The van der Waals surface area contributed by atoms with Crippen LogP contribution in [0.3, 0.4) is 0 Å². The monoisotopic (exact) mass is 349 g/mol. The minimum absolute atomic E-state index is 0.0122. The van der Waals surface area contributed by atoms with Crippen molar-refractivity contribution >= 4 is 0 Å². The number of nitrogens with one attached hydrogen (secondary N) is 1. The molecule has 0 fully saturated rings. The molecule has 5 heteroatoms. The number of fused-ring (bicyclic) bond motifs is 1. The number of nitrogens with zero attached hydrogens (tertiary/aromatic N) is 2. The van der Waals surface area contributed by atoms with Gasteiger partial charge in [0.1, 0.15) is 12.4 Å². The Hall–Kier alpha value is -2.66. The molecule has 0 bridgehead atoms. The zero-order valence-corrected chi connectivity index (χ0v) is 14.9. The Kier molecular flexibility index (Phi) is 4.97. The quantitative estimate of drug-likeness (QED) is 0.761. The molecule has 0 aliphatic carbocycles. The first kappa shape index (κ1) is 16.8. The molecule has 26 heavy (non-hydrogen) atoms. The van der Waals surface area contributed by atoms with Crippen molar-refractivity contribution in [1.29, 1.82) is 0 Å². The summed E-state index contributed by atoms with van der Waals surface area (Å²) >= 11 is 0. The van der Waals surface area contributed by atoms with Crippen molar-refractivity contribution in [3.05, 3.63) is 77.4 Å². The highest BCUT2D eigenvalue weighted by Gasteiger charge is 2.22. The molecule has 3 aromatic rings. The van der Waals surface area contributed by atoms with Crippen LogP contribution < -0.4 is 10.1 Å². The Labute approximate surface area is 153 Å². The van der Waals surface area contributed by atoms with E-state index >= 15 is 0 Å². The van der Waals surface area contributed by atoms with Crippen molar-refractivity contribution in [3.8, 4) is 5.75 Å². The second-order valence-corrected chi connectivity index (χ2v) is 6.75. The third kappa shape index (κ3) is 3.94. The Bertz CT molecular complexity index is 820. The van der Waals surface area contributed by atoms with E-state index in [1.165, 1.54) is 11.1 Å². The van der Waals surface area contributed by atoms with Gasteiger partial charge in [-0.3, -0.25) is 5.32 Å². The first-order valence-electron chi connectivity index (χ1n) is 9.11. The average Bonchev–Trinajstić information content (AvgIpc) is 3.04. The fourth-order valence-corrected chi connectivity index (χ4v) is 3.30. The molecule has 5 nitrogen and oxygen atoms in total. The van der Waals surface area contributed by atoms with E-state index in [1.807, 2.05) is 30.3 Å². The van der Waals surface area contributed by atoms with Crippen molar-refractivity contribution in [1.82, 2.24) is 15.5 Å². The van der Waals surface area contributed by atoms with E-state index < -0.39 is 0 Å². The summed E-state index contributed by atoms with van der Waals surface area (Å²) in [6, 6.07) is 18.7. The number of para-hydroxylation sites is 1. The number of ether oxygens (including phenoxy) is 1. The largest absolute Gasteiger partial charge is 0.492 e. The Morgan fingerprint density at radius 3 is 2.81 bits per heavy atom. The highest BCUT2D eigenvalue weighted by Crippen LogP contribution is 2.24. The highest BCUT2D eigenvalue weighted by atomic mass is 16.5. The molecule has 0 saturated heterocycles. The molecule has 0 spiro atoms. The first-order valence-corrected chi connectivity index (χ1v) is 9.11. The second-order valence-electron chi connectivity index (χ2n) is 6.75. The fourth-order valence-electron chi connectivity index (χ4n) is 3.30. The summed E-state index contributed by atoms with van der Waals surface area (Å²) in [6.07, 6.45) is 2.70. The summed E-state index contributed by atoms with van der Waals surface area (Å²) in [5, 5.41) is 7.69. The molecule has 1 aromatic heterocycles. The second kappa shape index (κ2) is 7.70. The molecule has 2 atom stereocenters. The fraction of sp³-hybridized carbons (Fsp3) is 0.333. The molecule has 2 unspecified atom stereocenters. The smallest absolute Gasteiger partial charge is 0.243 e. The maximum Gasteiger partial charge on any atom is 0.243 e. The third-order valence-corrected chi connectivity index (χ3v) is 4.72. The van der Waals surface area contributed by atoms with Crippen LogP contribution in [-0.4, -0.2) is 22.8 Å². The van der Waals surface area contributed by atoms with Crippen LogP contribution in [0.5, 0.6) is 5.75 Å². The summed E-state index contributed by atoms with van der Waals surface area (Å²) in [4.78, 5) is 4.55. The number of benzene rings is 2. The van der Waals surface area contributed by atoms with Crippen LogP contribution >= 0.6 is 0 Å². The van der Waals surface area contributed by atoms with E-state index in [1.54, 1.807) is 0 Å². The van der Waals surface area contributed by atoms with Gasteiger partial charge in [0, 0.05) is 12.5 Å². The van der Waals surface area contributed by atoms with Gasteiger partial charge in [-0.2, -0.15) is 4.98 Å². The van der Waals surface area contributed by atoms with Gasteiger partial charge in [-0.25, -0.2) is 0 Å². The third-order valence-electron chi connectivity index (χ3n) is 4.72. The normalized spacial score (nSPS) is 17.8. The molecule has 0 saturated carbocycles. The molecular formula is C21H23N3O2. The van der Waals surface area contributed by atoms with E-state index in [2.05, 4.69) is 46.6 Å². The van der Waals surface area contributed by atoms with Gasteiger partial charge in [-0.15, -0.1) is 0 Å². The number of aromatic nitrogens is 2. The molecule has 0 radical (unpaired) electrons. The minimum Gasteiger partial charge on any atom is -0.492 e. The molecule has 1 aliphatic heterocycles. The molecule has 1 aliphatic rings. The lowest BCUT2D eigenvalue weighted by Gasteiger charge is -2.19. The average molecular weight is 349 g/mol. The van der Waals surface area contributed by atoms with Crippen LogP contribution in [0.4, 0.5) is 0 Å². The SMILES string of the molecule is CC(NC1CCc2ccccc2OC1)c1nc(Cc2ccccc2)no1. The van der Waals surface area contributed by atoms with Crippen molar-refractivity contribution in [2.75, 3.05) is 6.61 Å². The van der Waals surface area contributed by atoms with Crippen molar-refractivity contribution in [2.24, 2.45) is 0 Å². The van der Waals surface area contributed by atoms with Gasteiger partial charge in [0.05, 0.1) is 6.04 Å². The number of aryl methyl sites for hydroxylation is 1. The standard InChI is InChI=1S/C21H23N3O2/c1-15(21-23-20(24-26-21)13-16-7-3-2-4-8-16)22-18-12-11-17-9-5-6-10-19(17)25-14-18/h2-10,15,18,22H,11-14H2,1H3. The van der Waals surface area contributed by atoms with Crippen molar-refractivity contribution in [2.45, 2.75) is 38.3 Å². The molecule has 0 amide bonds. The Balaban J connectivity index is 1.36. The molecule has 2 aromatic carbocycles. The van der Waals surface area contributed by atoms with E-state index in [0.717, 1.165) is 18.6 Å². The molecule has 2 heterocycles. The van der Waals surface area contributed by atoms with Crippen LogP contribution in [-0.2, 0) is 12.8 Å². The van der Waals surface area contributed by atoms with Crippen LogP contribution in [0.25, 0.3) is 0 Å². The number of rotatable bonds is 5. The zero-order chi connectivity index (χ0) is 17.8. The van der Waals surface area contributed by atoms with Crippen LogP contribution in [0.1, 0.15) is 42.2 Å². The topological polar surface area (TPSA) is 60.2 Å². The van der Waals surface area contributed by atoms with Gasteiger partial charge in [-0.05, 0) is 37.0 Å². The lowest BCUT2D eigenvalue weighted by molar-refractivity contribution is 0.243. The van der Waals surface area contributed by atoms with Gasteiger partial charge in [0.25, 0.3) is 0 Å². The highest BCUT2D eigenvalue weighted by molar-refractivity contribution is 5.34. The van der Waals surface area contributed by atoms with E-state index in [-0.39, 0.29) is 12.1 Å². The predicted molar refractivity (Wildman–Crippen MR) is 99.1 cm³/mol. The zero-order valence-electron chi connectivity index (χ0n) is 14.9. The maximum atomic E-state index is 5.95. The summed E-state index contributed by atoms with van der Waals surface area (Å²) in [5.41, 5.74) is 2.45. The maximum absolute atomic E-state index is 5.95. The summed E-state index contributed by atoms with van der Waals surface area (Å²) in [5.74, 6) is 2.33. The minimum atomic E-state index is -0.0122. The Morgan fingerprint density at radius 1 is 1.12 bits per heavy atom. The van der Waals surface area contributed by atoms with Gasteiger partial charge in [0.2, 0.25) is 5.89 Å². The molecule has 1 N–H and O–H groups in total. The van der Waals surface area contributed by atoms with E-state index in [4.69, 9.17) is 9.26 Å². The first-order chi connectivity index (χ1) is 12.8. The van der Waals surface area contributed by atoms with Crippen LogP contribution in [0, 0.1) is 0 Å². The van der Waals surface area contributed by atoms with E-state index in [9.17, 15) is 0 Å². The van der Waals surface area contributed by atoms with Gasteiger partial charge < -0.3 is 9.26 Å². The van der Waals surface area contributed by atoms with Crippen LogP contribution in [0.15, 0.2) is 59.1 Å². The summed E-state index contributed by atoms with van der Waals surface area (Å²) in [7, 11) is 0. The van der Waals surface area contributed by atoms with E-state index in [0.29, 0.717) is 24.7 Å². The van der Waals surface area contributed by atoms with Gasteiger partial charge in [0.15, 0.2) is 5.82 Å². The van der Waals surface area contributed by atoms with Gasteiger partial charge in [-0.1, -0.05) is 53.7 Å². The lowest BCUT2D eigenvalue weighted by Crippen LogP contribution is -2.36. The number of hydrogen-bond acceptors (Lipinski definition) is 5. The van der Waals surface area contributed by atoms with Gasteiger partial charge >= 0.3 is 0 Å². The Morgan fingerprint density at radius 2 is 1.92 bits per heavy atom. The van der Waals surface area contributed by atoms with Crippen LogP contribution in [0.2, 0.25) is 0 Å². The van der Waals surface area contributed by atoms with Crippen molar-refractivity contribution < 1.29 is 9.26 Å². The molecule has 134 valence electrons. The summed E-state index contributed by atoms with van der Waals surface area (Å²) in [6.45, 7) is 2.70.